The average molecular weight is 452 g/mol. The van der Waals surface area contributed by atoms with Crippen LogP contribution in [0.1, 0.15) is 32.0 Å². The molecule has 0 amide bonds. The number of aliphatic imine (C=N–C) groups is 1. The third-order valence-electron chi connectivity index (χ3n) is 3.61. The number of hydrogen-bond acceptors (Lipinski definition) is 5. The van der Waals surface area contributed by atoms with Gasteiger partial charge in [-0.05, 0) is 26.2 Å². The molecule has 1 atom stereocenters. The van der Waals surface area contributed by atoms with Gasteiger partial charge in [0.25, 0.3) is 0 Å². The first-order valence-electron chi connectivity index (χ1n) is 8.34. The zero-order valence-electron chi connectivity index (χ0n) is 14.5. The molecule has 1 saturated heterocycles. The summed E-state index contributed by atoms with van der Waals surface area (Å²) in [7, 11) is 1.86. The van der Waals surface area contributed by atoms with E-state index in [0.29, 0.717) is 19.3 Å². The summed E-state index contributed by atoms with van der Waals surface area (Å²) in [6.07, 6.45) is 5.05. The molecule has 1 unspecified atom stereocenters. The van der Waals surface area contributed by atoms with E-state index in [1.54, 1.807) is 4.68 Å². The second-order valence-corrected chi connectivity index (χ2v) is 5.49. The summed E-state index contributed by atoms with van der Waals surface area (Å²) in [5.41, 5.74) is 0. The van der Waals surface area contributed by atoms with Crippen molar-refractivity contribution in [3.8, 4) is 0 Å². The van der Waals surface area contributed by atoms with E-state index in [2.05, 4.69) is 25.7 Å². The van der Waals surface area contributed by atoms with Crippen LogP contribution in [-0.2, 0) is 23.1 Å². The molecule has 8 nitrogen and oxygen atoms in total. The number of nitrogens with zero attached hydrogens (tertiary/aromatic N) is 4. The highest BCUT2D eigenvalue weighted by Crippen LogP contribution is 2.11. The van der Waals surface area contributed by atoms with Crippen molar-refractivity contribution in [1.29, 1.82) is 0 Å². The molecule has 1 aliphatic heterocycles. The van der Waals surface area contributed by atoms with Crippen LogP contribution < -0.4 is 10.6 Å². The highest BCUT2D eigenvalue weighted by molar-refractivity contribution is 14.0. The maximum atomic E-state index is 5.65. The van der Waals surface area contributed by atoms with Gasteiger partial charge < -0.3 is 20.1 Å². The van der Waals surface area contributed by atoms with Crippen molar-refractivity contribution in [3.05, 3.63) is 12.2 Å². The molecule has 0 spiro atoms. The van der Waals surface area contributed by atoms with Crippen LogP contribution in [0.2, 0.25) is 0 Å². The molecular weight excluding hydrogens is 423 g/mol. The van der Waals surface area contributed by atoms with Crippen molar-refractivity contribution in [2.75, 3.05) is 32.9 Å². The van der Waals surface area contributed by atoms with Crippen LogP contribution in [0.3, 0.4) is 0 Å². The highest BCUT2D eigenvalue weighted by Gasteiger charge is 2.14. The molecule has 2 rings (SSSR count). The van der Waals surface area contributed by atoms with Crippen LogP contribution in [0.4, 0.5) is 0 Å². The minimum atomic E-state index is 0. The van der Waals surface area contributed by atoms with Crippen molar-refractivity contribution in [2.45, 2.75) is 38.8 Å². The Balaban J connectivity index is 0.00000288. The lowest BCUT2D eigenvalue weighted by atomic mass is 10.2. The van der Waals surface area contributed by atoms with Crippen molar-refractivity contribution in [3.63, 3.8) is 0 Å². The Bertz CT molecular complexity index is 476. The lowest BCUT2D eigenvalue weighted by molar-refractivity contribution is 0.0168. The summed E-state index contributed by atoms with van der Waals surface area (Å²) in [6, 6.07) is 0. The monoisotopic (exact) mass is 452 g/mol. The molecule has 1 fully saturated rings. The fourth-order valence-corrected chi connectivity index (χ4v) is 2.33. The largest absolute Gasteiger partial charge is 0.379 e. The summed E-state index contributed by atoms with van der Waals surface area (Å²) in [5.74, 6) is 1.62. The number of hydrogen-bond donors (Lipinski definition) is 2. The van der Waals surface area contributed by atoms with Crippen LogP contribution in [0.15, 0.2) is 11.3 Å². The molecule has 1 aromatic rings. The van der Waals surface area contributed by atoms with Gasteiger partial charge in [0, 0.05) is 33.4 Å². The Hall–Kier alpha value is -0.940. The first-order valence-corrected chi connectivity index (χ1v) is 8.34. The number of halogens is 1. The van der Waals surface area contributed by atoms with Crippen LogP contribution in [0, 0.1) is 0 Å². The van der Waals surface area contributed by atoms with Gasteiger partial charge >= 0.3 is 0 Å². The van der Waals surface area contributed by atoms with E-state index in [9.17, 15) is 0 Å². The molecule has 0 aliphatic carbocycles. The van der Waals surface area contributed by atoms with Gasteiger partial charge in [-0.3, -0.25) is 4.68 Å². The van der Waals surface area contributed by atoms with Gasteiger partial charge in [0.15, 0.2) is 5.96 Å². The lowest BCUT2D eigenvalue weighted by Gasteiger charge is -2.12. The van der Waals surface area contributed by atoms with E-state index in [4.69, 9.17) is 9.47 Å². The van der Waals surface area contributed by atoms with Gasteiger partial charge in [-0.25, -0.2) is 9.98 Å². The quantitative estimate of drug-likeness (QED) is 0.253. The number of rotatable bonds is 9. The SMILES string of the molecule is CCNC(=NCc1ncnn1C)NCCCOCC1CCCO1.I. The number of aromatic nitrogens is 3. The van der Waals surface area contributed by atoms with E-state index in [-0.39, 0.29) is 24.0 Å². The third kappa shape index (κ3) is 7.75. The van der Waals surface area contributed by atoms with Crippen LogP contribution >= 0.6 is 24.0 Å². The highest BCUT2D eigenvalue weighted by atomic mass is 127. The minimum Gasteiger partial charge on any atom is -0.379 e. The van der Waals surface area contributed by atoms with Gasteiger partial charge in [-0.1, -0.05) is 0 Å². The van der Waals surface area contributed by atoms with Crippen LogP contribution in [0.5, 0.6) is 0 Å². The lowest BCUT2D eigenvalue weighted by Crippen LogP contribution is -2.38. The zero-order chi connectivity index (χ0) is 16.3. The molecule has 9 heteroatoms. The van der Waals surface area contributed by atoms with E-state index >= 15 is 0 Å². The molecule has 24 heavy (non-hydrogen) atoms. The topological polar surface area (TPSA) is 85.6 Å². The normalized spacial score (nSPS) is 17.6. The number of ether oxygens (including phenoxy) is 2. The molecule has 1 aliphatic rings. The Morgan fingerprint density at radius 3 is 3.04 bits per heavy atom. The summed E-state index contributed by atoms with van der Waals surface area (Å²) in [5, 5.41) is 10.6. The molecular formula is C15H29IN6O2. The van der Waals surface area contributed by atoms with E-state index < -0.39 is 0 Å². The molecule has 0 aromatic carbocycles. The van der Waals surface area contributed by atoms with Gasteiger partial charge in [0.1, 0.15) is 18.7 Å². The molecule has 1 aromatic heterocycles. The zero-order valence-corrected chi connectivity index (χ0v) is 16.9. The standard InChI is InChI=1S/C15H28N6O2.HI/c1-3-16-15(18-10-14-19-12-20-21(14)2)17-7-5-8-22-11-13-6-4-9-23-13;/h12-13H,3-11H2,1-2H3,(H2,16,17,18);1H. The van der Waals surface area contributed by atoms with Gasteiger partial charge in [0.05, 0.1) is 12.7 Å². The fourth-order valence-electron chi connectivity index (χ4n) is 2.33. The van der Waals surface area contributed by atoms with Gasteiger partial charge in [-0.2, -0.15) is 5.10 Å². The second-order valence-electron chi connectivity index (χ2n) is 5.49. The Kier molecular flexibility index (Phi) is 10.9. The molecule has 138 valence electrons. The number of aryl methyl sites for hydroxylation is 1. The predicted molar refractivity (Wildman–Crippen MR) is 104 cm³/mol. The molecule has 2 N–H and O–H groups in total. The fraction of sp³-hybridized carbons (Fsp3) is 0.800. The first-order chi connectivity index (χ1) is 11.3. The maximum Gasteiger partial charge on any atom is 0.191 e. The van der Waals surface area contributed by atoms with Gasteiger partial charge in [0.2, 0.25) is 0 Å². The van der Waals surface area contributed by atoms with Crippen molar-refractivity contribution in [1.82, 2.24) is 25.4 Å². The van der Waals surface area contributed by atoms with Crippen molar-refractivity contribution >= 4 is 29.9 Å². The summed E-state index contributed by atoms with van der Waals surface area (Å²) < 4.78 is 12.9. The predicted octanol–water partition coefficient (Wildman–Crippen LogP) is 1.07. The van der Waals surface area contributed by atoms with E-state index in [1.165, 1.54) is 6.33 Å². The van der Waals surface area contributed by atoms with Gasteiger partial charge in [-0.15, -0.1) is 24.0 Å². The van der Waals surface area contributed by atoms with E-state index in [1.807, 2.05) is 14.0 Å². The Morgan fingerprint density at radius 1 is 1.50 bits per heavy atom. The third-order valence-corrected chi connectivity index (χ3v) is 3.61. The summed E-state index contributed by atoms with van der Waals surface area (Å²) >= 11 is 0. The van der Waals surface area contributed by atoms with Crippen molar-refractivity contribution < 1.29 is 9.47 Å². The molecule has 0 saturated carbocycles. The molecule has 0 bridgehead atoms. The maximum absolute atomic E-state index is 5.65. The van der Waals surface area contributed by atoms with Crippen LogP contribution in [-0.4, -0.2) is 59.7 Å². The number of guanidine groups is 1. The number of nitrogens with one attached hydrogen (secondary N) is 2. The Labute approximate surface area is 160 Å². The van der Waals surface area contributed by atoms with Crippen molar-refractivity contribution in [2.24, 2.45) is 12.0 Å². The average Bonchev–Trinajstić information content (AvgIpc) is 3.20. The van der Waals surface area contributed by atoms with Crippen LogP contribution in [0.25, 0.3) is 0 Å². The summed E-state index contributed by atoms with van der Waals surface area (Å²) in [4.78, 5) is 8.67. The Morgan fingerprint density at radius 2 is 2.38 bits per heavy atom. The molecule has 2 heterocycles. The summed E-state index contributed by atoms with van der Waals surface area (Å²) in [6.45, 7) is 6.50. The molecule has 0 radical (unpaired) electrons. The minimum absolute atomic E-state index is 0. The smallest absolute Gasteiger partial charge is 0.191 e. The van der Waals surface area contributed by atoms with E-state index in [0.717, 1.165) is 57.3 Å². The first kappa shape index (κ1) is 21.1. The second kappa shape index (κ2) is 12.4.